The van der Waals surface area contributed by atoms with Gasteiger partial charge in [0.1, 0.15) is 5.76 Å². The van der Waals surface area contributed by atoms with Gasteiger partial charge in [0.15, 0.2) is 4.67 Å². The van der Waals surface area contributed by atoms with Gasteiger partial charge < -0.3 is 4.42 Å². The van der Waals surface area contributed by atoms with Crippen molar-refractivity contribution in [1.82, 2.24) is 0 Å². The molecular formula is C7H8BrN3O. The fourth-order valence-corrected chi connectivity index (χ4v) is 1.46. The first-order valence-corrected chi connectivity index (χ1v) is 4.29. The summed E-state index contributed by atoms with van der Waals surface area (Å²) < 4.78 is 6.01. The first-order valence-electron chi connectivity index (χ1n) is 3.49. The molecule has 0 radical (unpaired) electrons. The highest BCUT2D eigenvalue weighted by molar-refractivity contribution is 9.10. The topological polar surface area (TPSA) is 61.9 Å². The average molecular weight is 230 g/mol. The molecule has 1 aromatic rings. The molecule has 0 N–H and O–H groups in total. The Balaban J connectivity index is 2.62. The second-order valence-electron chi connectivity index (χ2n) is 2.36. The van der Waals surface area contributed by atoms with Gasteiger partial charge in [0.05, 0.1) is 0 Å². The number of hydrogen-bond donors (Lipinski definition) is 0. The maximum atomic E-state index is 8.04. The largest absolute Gasteiger partial charge is 0.454 e. The van der Waals surface area contributed by atoms with Crippen LogP contribution in [0.3, 0.4) is 0 Å². The van der Waals surface area contributed by atoms with Gasteiger partial charge in [0.2, 0.25) is 0 Å². The van der Waals surface area contributed by atoms with Gasteiger partial charge >= 0.3 is 0 Å². The van der Waals surface area contributed by atoms with E-state index in [1.807, 2.05) is 13.0 Å². The first-order chi connectivity index (χ1) is 5.74. The average Bonchev–Trinajstić information content (AvgIpc) is 2.31. The molecule has 0 spiro atoms. The van der Waals surface area contributed by atoms with Crippen molar-refractivity contribution in [2.24, 2.45) is 5.11 Å². The molecule has 0 aliphatic heterocycles. The van der Waals surface area contributed by atoms with E-state index in [0.717, 1.165) is 16.0 Å². The lowest BCUT2D eigenvalue weighted by Gasteiger charge is -1.91. The minimum atomic E-state index is 0.442. The van der Waals surface area contributed by atoms with Gasteiger partial charge in [-0.15, -0.1) is 0 Å². The number of azide groups is 1. The lowest BCUT2D eigenvalue weighted by Crippen LogP contribution is -1.87. The highest BCUT2D eigenvalue weighted by Crippen LogP contribution is 2.19. The third-order valence-electron chi connectivity index (χ3n) is 1.49. The third-order valence-corrected chi connectivity index (χ3v) is 1.88. The van der Waals surface area contributed by atoms with E-state index in [9.17, 15) is 0 Å². The van der Waals surface area contributed by atoms with Crippen molar-refractivity contribution in [3.8, 4) is 0 Å². The van der Waals surface area contributed by atoms with E-state index in [2.05, 4.69) is 26.0 Å². The Morgan fingerprint density at radius 1 is 1.75 bits per heavy atom. The normalized spacial score (nSPS) is 9.50. The van der Waals surface area contributed by atoms with Crippen LogP contribution in [0, 0.1) is 6.92 Å². The Hall–Kier alpha value is -0.930. The van der Waals surface area contributed by atoms with E-state index in [4.69, 9.17) is 9.95 Å². The monoisotopic (exact) mass is 229 g/mol. The van der Waals surface area contributed by atoms with Crippen molar-refractivity contribution in [1.29, 1.82) is 0 Å². The molecule has 1 heterocycles. The molecule has 0 fully saturated rings. The van der Waals surface area contributed by atoms with Crippen LogP contribution < -0.4 is 0 Å². The Morgan fingerprint density at radius 3 is 3.00 bits per heavy atom. The number of aryl methyl sites for hydroxylation is 1. The van der Waals surface area contributed by atoms with Crippen molar-refractivity contribution in [3.05, 3.63) is 32.5 Å². The van der Waals surface area contributed by atoms with E-state index in [-0.39, 0.29) is 0 Å². The van der Waals surface area contributed by atoms with Crippen LogP contribution in [0.1, 0.15) is 11.3 Å². The van der Waals surface area contributed by atoms with Gasteiger partial charge in [-0.2, -0.15) is 0 Å². The van der Waals surface area contributed by atoms with E-state index >= 15 is 0 Å². The third kappa shape index (κ3) is 2.29. The molecule has 0 atom stereocenters. The number of hydrogen-bond acceptors (Lipinski definition) is 2. The molecule has 12 heavy (non-hydrogen) atoms. The van der Waals surface area contributed by atoms with Crippen molar-refractivity contribution >= 4 is 15.9 Å². The predicted molar refractivity (Wildman–Crippen MR) is 48.9 cm³/mol. The molecule has 0 saturated heterocycles. The highest BCUT2D eigenvalue weighted by atomic mass is 79.9. The molecule has 0 aliphatic rings. The standard InChI is InChI=1S/C7H8BrN3O/c1-5-4-7(8)12-6(5)2-3-10-11-9/h4H,2-3H2,1H3. The minimum absolute atomic E-state index is 0.442. The SMILES string of the molecule is Cc1cc(Br)oc1CCN=[N+]=[N-]. The summed E-state index contributed by atoms with van der Waals surface area (Å²) in [6.45, 7) is 2.40. The molecule has 1 rings (SSSR count). The summed E-state index contributed by atoms with van der Waals surface area (Å²) in [5, 5.41) is 3.42. The fourth-order valence-electron chi connectivity index (χ4n) is 0.923. The van der Waals surface area contributed by atoms with Gasteiger partial charge in [-0.1, -0.05) is 5.11 Å². The molecule has 4 nitrogen and oxygen atoms in total. The van der Waals surface area contributed by atoms with Gasteiger partial charge in [-0.25, -0.2) is 0 Å². The maximum absolute atomic E-state index is 8.04. The van der Waals surface area contributed by atoms with E-state index in [1.54, 1.807) is 0 Å². The molecule has 5 heteroatoms. The van der Waals surface area contributed by atoms with Crippen LogP contribution >= 0.6 is 15.9 Å². The van der Waals surface area contributed by atoms with Gasteiger partial charge in [-0.05, 0) is 40.0 Å². The molecule has 64 valence electrons. The zero-order chi connectivity index (χ0) is 8.97. The minimum Gasteiger partial charge on any atom is -0.454 e. The van der Waals surface area contributed by atoms with Crippen LogP contribution in [0.2, 0.25) is 0 Å². The van der Waals surface area contributed by atoms with Crippen LogP contribution in [-0.4, -0.2) is 6.54 Å². The second kappa shape index (κ2) is 4.18. The summed E-state index contributed by atoms with van der Waals surface area (Å²) in [4.78, 5) is 2.66. The molecule has 0 aliphatic carbocycles. The Labute approximate surface area is 78.3 Å². The Kier molecular flexibility index (Phi) is 3.19. The van der Waals surface area contributed by atoms with Crippen molar-refractivity contribution in [2.45, 2.75) is 13.3 Å². The number of nitrogens with zero attached hydrogens (tertiary/aromatic N) is 3. The highest BCUT2D eigenvalue weighted by Gasteiger charge is 2.03. The molecule has 0 saturated carbocycles. The van der Waals surface area contributed by atoms with E-state index in [1.165, 1.54) is 0 Å². The Morgan fingerprint density at radius 2 is 2.50 bits per heavy atom. The first kappa shape index (κ1) is 9.16. The summed E-state index contributed by atoms with van der Waals surface area (Å²) in [7, 11) is 0. The molecule has 0 aromatic carbocycles. The Bertz CT molecular complexity index is 314. The summed E-state index contributed by atoms with van der Waals surface area (Å²) >= 11 is 3.22. The smallest absolute Gasteiger partial charge is 0.169 e. The van der Waals surface area contributed by atoms with Crippen LogP contribution in [0.25, 0.3) is 10.4 Å². The zero-order valence-corrected chi connectivity index (χ0v) is 8.21. The lowest BCUT2D eigenvalue weighted by atomic mass is 10.2. The van der Waals surface area contributed by atoms with Crippen LogP contribution in [0.4, 0.5) is 0 Å². The summed E-state index contributed by atoms with van der Waals surface area (Å²) in [6, 6.07) is 1.89. The van der Waals surface area contributed by atoms with Crippen molar-refractivity contribution in [2.75, 3.05) is 6.54 Å². The van der Waals surface area contributed by atoms with Crippen LogP contribution in [-0.2, 0) is 6.42 Å². The van der Waals surface area contributed by atoms with E-state index in [0.29, 0.717) is 13.0 Å². The summed E-state index contributed by atoms with van der Waals surface area (Å²) in [5.41, 5.74) is 9.12. The second-order valence-corrected chi connectivity index (χ2v) is 3.14. The van der Waals surface area contributed by atoms with Crippen LogP contribution in [0.15, 0.2) is 20.3 Å². The molecule has 0 amide bonds. The number of halogens is 1. The van der Waals surface area contributed by atoms with Gasteiger partial charge in [0, 0.05) is 17.9 Å². The van der Waals surface area contributed by atoms with E-state index < -0.39 is 0 Å². The molecule has 1 aromatic heterocycles. The quantitative estimate of drug-likeness (QED) is 0.446. The number of rotatable bonds is 3. The maximum Gasteiger partial charge on any atom is 0.169 e. The summed E-state index contributed by atoms with van der Waals surface area (Å²) in [6.07, 6.45) is 0.654. The predicted octanol–water partition coefficient (Wildman–Crippen LogP) is 3.20. The lowest BCUT2D eigenvalue weighted by molar-refractivity contribution is 0.487. The van der Waals surface area contributed by atoms with Gasteiger partial charge in [0.25, 0.3) is 0 Å². The van der Waals surface area contributed by atoms with Crippen LogP contribution in [0.5, 0.6) is 0 Å². The fraction of sp³-hybridized carbons (Fsp3) is 0.429. The molecule has 0 bridgehead atoms. The summed E-state index contributed by atoms with van der Waals surface area (Å²) in [5.74, 6) is 0.870. The van der Waals surface area contributed by atoms with Crippen molar-refractivity contribution < 1.29 is 4.42 Å². The number of furan rings is 1. The van der Waals surface area contributed by atoms with Gasteiger partial charge in [-0.3, -0.25) is 0 Å². The molecular weight excluding hydrogens is 222 g/mol. The molecule has 0 unspecified atom stereocenters. The zero-order valence-electron chi connectivity index (χ0n) is 6.62. The van der Waals surface area contributed by atoms with Crippen molar-refractivity contribution in [3.63, 3.8) is 0 Å².